The van der Waals surface area contributed by atoms with Crippen molar-refractivity contribution in [1.29, 1.82) is 0 Å². The molecule has 0 aliphatic carbocycles. The maximum atomic E-state index is 13.4. The maximum absolute atomic E-state index is 13.4. The lowest BCUT2D eigenvalue weighted by atomic mass is 9.99. The molecule has 2 aromatic carbocycles. The SMILES string of the molecule is O=CO/C=C(\CCc1ccc(Cl)c(F)c1)c1ccccc1. The second kappa shape index (κ2) is 7.60. The summed E-state index contributed by atoms with van der Waals surface area (Å²) in [5, 5.41) is 0.113. The molecule has 0 spiro atoms. The number of carbonyl (C=O) groups excluding carboxylic acids is 1. The summed E-state index contributed by atoms with van der Waals surface area (Å²) in [6, 6.07) is 14.3. The van der Waals surface area contributed by atoms with Crippen molar-refractivity contribution in [2.75, 3.05) is 0 Å². The van der Waals surface area contributed by atoms with Gasteiger partial charge in [-0.1, -0.05) is 48.0 Å². The van der Waals surface area contributed by atoms with E-state index in [9.17, 15) is 9.18 Å². The first kappa shape index (κ1) is 15.3. The molecule has 4 heteroatoms. The number of benzene rings is 2. The van der Waals surface area contributed by atoms with E-state index in [1.807, 2.05) is 30.3 Å². The van der Waals surface area contributed by atoms with Crippen LogP contribution >= 0.6 is 11.6 Å². The fraction of sp³-hybridized carbons (Fsp3) is 0.118. The summed E-state index contributed by atoms with van der Waals surface area (Å²) < 4.78 is 18.2. The summed E-state index contributed by atoms with van der Waals surface area (Å²) in [4.78, 5) is 10.4. The molecule has 0 atom stereocenters. The molecule has 0 heterocycles. The summed E-state index contributed by atoms with van der Waals surface area (Å²) in [5.74, 6) is -0.427. The van der Waals surface area contributed by atoms with Gasteiger partial charge < -0.3 is 4.74 Å². The van der Waals surface area contributed by atoms with E-state index in [1.165, 1.54) is 12.3 Å². The summed E-state index contributed by atoms with van der Waals surface area (Å²) >= 11 is 5.66. The lowest BCUT2D eigenvalue weighted by molar-refractivity contribution is -0.123. The van der Waals surface area contributed by atoms with Gasteiger partial charge in [-0.2, -0.15) is 0 Å². The van der Waals surface area contributed by atoms with Crippen LogP contribution in [0.15, 0.2) is 54.8 Å². The van der Waals surface area contributed by atoms with Crippen LogP contribution in [0.25, 0.3) is 5.57 Å². The highest BCUT2D eigenvalue weighted by Gasteiger charge is 2.05. The van der Waals surface area contributed by atoms with Crippen LogP contribution in [-0.4, -0.2) is 6.47 Å². The highest BCUT2D eigenvalue weighted by molar-refractivity contribution is 6.30. The average Bonchev–Trinajstić information content (AvgIpc) is 2.51. The third kappa shape index (κ3) is 4.43. The Hall–Kier alpha value is -2.13. The van der Waals surface area contributed by atoms with Gasteiger partial charge in [-0.15, -0.1) is 0 Å². The Bertz CT molecular complexity index is 638. The fourth-order valence-electron chi connectivity index (χ4n) is 2.01. The van der Waals surface area contributed by atoms with E-state index in [-0.39, 0.29) is 5.02 Å². The van der Waals surface area contributed by atoms with E-state index in [0.29, 0.717) is 19.3 Å². The number of hydrogen-bond acceptors (Lipinski definition) is 2. The van der Waals surface area contributed by atoms with E-state index in [1.54, 1.807) is 12.1 Å². The van der Waals surface area contributed by atoms with E-state index in [4.69, 9.17) is 16.3 Å². The van der Waals surface area contributed by atoms with Crippen LogP contribution in [0.4, 0.5) is 4.39 Å². The van der Waals surface area contributed by atoms with Crippen molar-refractivity contribution in [1.82, 2.24) is 0 Å². The Morgan fingerprint density at radius 2 is 1.95 bits per heavy atom. The van der Waals surface area contributed by atoms with Crippen molar-refractivity contribution >= 4 is 23.6 Å². The zero-order valence-electron chi connectivity index (χ0n) is 11.3. The molecule has 0 N–H and O–H groups in total. The molecule has 0 fully saturated rings. The number of ether oxygens (including phenoxy) is 1. The average molecular weight is 305 g/mol. The number of rotatable bonds is 6. The predicted molar refractivity (Wildman–Crippen MR) is 81.3 cm³/mol. The van der Waals surface area contributed by atoms with Crippen LogP contribution in [0.3, 0.4) is 0 Å². The number of carbonyl (C=O) groups is 1. The predicted octanol–water partition coefficient (Wildman–Crippen LogP) is 4.63. The van der Waals surface area contributed by atoms with E-state index >= 15 is 0 Å². The van der Waals surface area contributed by atoms with Gasteiger partial charge in [0.15, 0.2) is 0 Å². The van der Waals surface area contributed by atoms with Gasteiger partial charge in [0.2, 0.25) is 0 Å². The normalized spacial score (nSPS) is 11.2. The molecular weight excluding hydrogens is 291 g/mol. The van der Waals surface area contributed by atoms with Crippen molar-refractivity contribution < 1.29 is 13.9 Å². The monoisotopic (exact) mass is 304 g/mol. The fourth-order valence-corrected chi connectivity index (χ4v) is 2.13. The third-order valence-electron chi connectivity index (χ3n) is 3.08. The van der Waals surface area contributed by atoms with Crippen molar-refractivity contribution in [3.8, 4) is 0 Å². The van der Waals surface area contributed by atoms with Crippen LogP contribution in [0.5, 0.6) is 0 Å². The van der Waals surface area contributed by atoms with Crippen molar-refractivity contribution in [3.05, 3.63) is 76.8 Å². The highest BCUT2D eigenvalue weighted by Crippen LogP contribution is 2.22. The number of aryl methyl sites for hydroxylation is 1. The molecule has 21 heavy (non-hydrogen) atoms. The summed E-state index contributed by atoms with van der Waals surface area (Å²) in [6.45, 7) is 0.380. The first-order valence-electron chi connectivity index (χ1n) is 6.48. The van der Waals surface area contributed by atoms with Gasteiger partial charge in [-0.3, -0.25) is 4.79 Å². The van der Waals surface area contributed by atoms with Crippen LogP contribution in [0.1, 0.15) is 17.5 Å². The van der Waals surface area contributed by atoms with Crippen molar-refractivity contribution in [2.45, 2.75) is 12.8 Å². The smallest absolute Gasteiger partial charge is 0.297 e. The van der Waals surface area contributed by atoms with Gasteiger partial charge in [0.1, 0.15) is 5.82 Å². The lowest BCUT2D eigenvalue weighted by Gasteiger charge is -2.08. The second-order valence-corrected chi connectivity index (χ2v) is 4.90. The van der Waals surface area contributed by atoms with E-state index in [2.05, 4.69) is 0 Å². The zero-order chi connectivity index (χ0) is 15.1. The standard InChI is InChI=1S/C17H14ClFO2/c18-16-9-7-13(10-17(16)19)6-8-15(11-21-12-20)14-4-2-1-3-5-14/h1-5,7,9-12H,6,8H2/b15-11+. The Labute approximate surface area is 127 Å². The molecule has 108 valence electrons. The molecule has 0 unspecified atom stereocenters. The molecule has 0 bridgehead atoms. The minimum Gasteiger partial charge on any atom is -0.436 e. The Morgan fingerprint density at radius 1 is 1.19 bits per heavy atom. The maximum Gasteiger partial charge on any atom is 0.297 e. The van der Waals surface area contributed by atoms with Crippen LogP contribution < -0.4 is 0 Å². The van der Waals surface area contributed by atoms with Gasteiger partial charge >= 0.3 is 0 Å². The first-order valence-corrected chi connectivity index (χ1v) is 6.86. The largest absolute Gasteiger partial charge is 0.436 e. The van der Waals surface area contributed by atoms with Crippen LogP contribution in [0.2, 0.25) is 5.02 Å². The molecule has 2 nitrogen and oxygen atoms in total. The molecule has 2 rings (SSSR count). The van der Waals surface area contributed by atoms with E-state index in [0.717, 1.165) is 16.7 Å². The minimum atomic E-state index is -0.427. The summed E-state index contributed by atoms with van der Waals surface area (Å²) in [6.07, 6.45) is 2.67. The minimum absolute atomic E-state index is 0.113. The Balaban J connectivity index is 2.12. The molecule has 0 aromatic heterocycles. The molecule has 0 radical (unpaired) electrons. The molecule has 0 aliphatic rings. The third-order valence-corrected chi connectivity index (χ3v) is 3.38. The van der Waals surface area contributed by atoms with Crippen LogP contribution in [0, 0.1) is 5.82 Å². The molecule has 2 aromatic rings. The first-order chi connectivity index (χ1) is 10.2. The number of allylic oxidation sites excluding steroid dienone is 1. The summed E-state index contributed by atoms with van der Waals surface area (Å²) in [7, 11) is 0. The topological polar surface area (TPSA) is 26.3 Å². The van der Waals surface area contributed by atoms with Gasteiger partial charge in [-0.05, 0) is 41.7 Å². The molecular formula is C17H14ClFO2. The van der Waals surface area contributed by atoms with Crippen LogP contribution in [-0.2, 0) is 16.0 Å². The quantitative estimate of drug-likeness (QED) is 0.574. The van der Waals surface area contributed by atoms with Gasteiger partial charge in [0.25, 0.3) is 6.47 Å². The van der Waals surface area contributed by atoms with Gasteiger partial charge in [-0.25, -0.2) is 4.39 Å². The zero-order valence-corrected chi connectivity index (χ0v) is 12.0. The van der Waals surface area contributed by atoms with Crippen molar-refractivity contribution in [3.63, 3.8) is 0 Å². The number of hydrogen-bond donors (Lipinski definition) is 0. The van der Waals surface area contributed by atoms with Gasteiger partial charge in [0, 0.05) is 0 Å². The molecule has 0 amide bonds. The highest BCUT2D eigenvalue weighted by atomic mass is 35.5. The Kier molecular flexibility index (Phi) is 5.52. The van der Waals surface area contributed by atoms with Gasteiger partial charge in [0.05, 0.1) is 11.3 Å². The second-order valence-electron chi connectivity index (χ2n) is 4.49. The summed E-state index contributed by atoms with van der Waals surface area (Å²) in [5.41, 5.74) is 2.68. The lowest BCUT2D eigenvalue weighted by Crippen LogP contribution is -1.92. The van der Waals surface area contributed by atoms with E-state index < -0.39 is 5.82 Å². The van der Waals surface area contributed by atoms with Crippen molar-refractivity contribution in [2.24, 2.45) is 0 Å². The molecule has 0 saturated carbocycles. The molecule has 0 saturated heterocycles. The Morgan fingerprint density at radius 3 is 2.62 bits per heavy atom. The molecule has 0 aliphatic heterocycles. The number of halogens is 2.